The molecular formula is C19H24N2OS. The minimum atomic E-state index is 0.291. The van der Waals surface area contributed by atoms with Gasteiger partial charge in [0, 0.05) is 43.2 Å². The van der Waals surface area contributed by atoms with Gasteiger partial charge in [-0.15, -0.1) is 11.3 Å². The number of benzene rings is 1. The van der Waals surface area contributed by atoms with Gasteiger partial charge in [0.2, 0.25) is 5.91 Å². The third kappa shape index (κ3) is 3.75. The number of anilines is 1. The normalized spacial score (nSPS) is 15.0. The molecule has 0 radical (unpaired) electrons. The van der Waals surface area contributed by atoms with Crippen LogP contribution in [0.25, 0.3) is 0 Å². The van der Waals surface area contributed by atoms with Crippen molar-refractivity contribution in [2.75, 3.05) is 31.1 Å². The van der Waals surface area contributed by atoms with Crippen LogP contribution in [0.5, 0.6) is 0 Å². The molecule has 3 rings (SSSR count). The van der Waals surface area contributed by atoms with Crippen LogP contribution in [0.4, 0.5) is 5.69 Å². The van der Waals surface area contributed by atoms with E-state index in [0.717, 1.165) is 32.6 Å². The quantitative estimate of drug-likeness (QED) is 0.855. The Morgan fingerprint density at radius 3 is 2.57 bits per heavy atom. The maximum atomic E-state index is 12.4. The predicted octanol–water partition coefficient (Wildman–Crippen LogP) is 3.65. The van der Waals surface area contributed by atoms with Gasteiger partial charge in [-0.1, -0.05) is 18.2 Å². The first-order chi connectivity index (χ1) is 11.1. The van der Waals surface area contributed by atoms with Crippen LogP contribution in [-0.4, -0.2) is 37.0 Å². The lowest BCUT2D eigenvalue weighted by Crippen LogP contribution is -2.49. The number of amides is 1. The second kappa shape index (κ2) is 7.18. The van der Waals surface area contributed by atoms with Crippen molar-refractivity contribution in [1.82, 2.24) is 4.90 Å². The molecule has 1 aromatic carbocycles. The highest BCUT2D eigenvalue weighted by molar-refractivity contribution is 7.09. The molecule has 1 saturated heterocycles. The molecule has 1 amide bonds. The van der Waals surface area contributed by atoms with E-state index < -0.39 is 0 Å². The van der Waals surface area contributed by atoms with Crippen LogP contribution >= 0.6 is 11.3 Å². The average Bonchev–Trinajstić information content (AvgIpc) is 3.09. The molecule has 0 spiro atoms. The van der Waals surface area contributed by atoms with Gasteiger partial charge < -0.3 is 9.80 Å². The lowest BCUT2D eigenvalue weighted by molar-refractivity contribution is -0.131. The fourth-order valence-corrected chi connectivity index (χ4v) is 3.83. The Balaban J connectivity index is 1.53. The number of hydrogen-bond acceptors (Lipinski definition) is 3. The van der Waals surface area contributed by atoms with E-state index in [9.17, 15) is 4.79 Å². The van der Waals surface area contributed by atoms with Gasteiger partial charge >= 0.3 is 0 Å². The van der Waals surface area contributed by atoms with Crippen molar-refractivity contribution in [3.05, 3.63) is 51.7 Å². The SMILES string of the molecule is Cc1cccc(N2CCN(C(=O)CCc3cccs3)CC2)c1C. The Morgan fingerprint density at radius 1 is 1.09 bits per heavy atom. The molecule has 1 aliphatic rings. The third-order valence-electron chi connectivity index (χ3n) is 4.71. The van der Waals surface area contributed by atoms with Gasteiger partial charge in [0.1, 0.15) is 0 Å². The van der Waals surface area contributed by atoms with Crippen molar-refractivity contribution in [3.63, 3.8) is 0 Å². The highest BCUT2D eigenvalue weighted by atomic mass is 32.1. The molecule has 4 heteroatoms. The highest BCUT2D eigenvalue weighted by Gasteiger charge is 2.22. The molecule has 0 bridgehead atoms. The van der Waals surface area contributed by atoms with Crippen LogP contribution in [0.2, 0.25) is 0 Å². The third-order valence-corrected chi connectivity index (χ3v) is 5.65. The maximum absolute atomic E-state index is 12.4. The predicted molar refractivity (Wildman–Crippen MR) is 97.3 cm³/mol. The van der Waals surface area contributed by atoms with E-state index in [-0.39, 0.29) is 0 Å². The van der Waals surface area contributed by atoms with Gasteiger partial charge in [-0.25, -0.2) is 0 Å². The van der Waals surface area contributed by atoms with Crippen molar-refractivity contribution in [2.24, 2.45) is 0 Å². The molecule has 1 fully saturated rings. The number of rotatable bonds is 4. The Kier molecular flexibility index (Phi) is 5.01. The molecule has 0 unspecified atom stereocenters. The zero-order valence-electron chi connectivity index (χ0n) is 13.9. The van der Waals surface area contributed by atoms with E-state index in [4.69, 9.17) is 0 Å². The summed E-state index contributed by atoms with van der Waals surface area (Å²) in [5.74, 6) is 0.291. The van der Waals surface area contributed by atoms with E-state index in [1.165, 1.54) is 21.7 Å². The molecule has 0 N–H and O–H groups in total. The average molecular weight is 328 g/mol. The van der Waals surface area contributed by atoms with Crippen LogP contribution in [0.1, 0.15) is 22.4 Å². The molecule has 2 aromatic rings. The molecule has 1 aliphatic heterocycles. The van der Waals surface area contributed by atoms with Crippen molar-refractivity contribution < 1.29 is 4.79 Å². The number of hydrogen-bond donors (Lipinski definition) is 0. The van der Waals surface area contributed by atoms with E-state index in [2.05, 4.69) is 48.4 Å². The fourth-order valence-electron chi connectivity index (χ4n) is 3.12. The Bertz CT molecular complexity index is 658. The number of carbonyl (C=O) groups is 1. The first kappa shape index (κ1) is 16.1. The number of nitrogens with zero attached hydrogens (tertiary/aromatic N) is 2. The Labute approximate surface area is 142 Å². The first-order valence-corrected chi connectivity index (χ1v) is 9.14. The summed E-state index contributed by atoms with van der Waals surface area (Å²) >= 11 is 1.73. The summed E-state index contributed by atoms with van der Waals surface area (Å²) in [6, 6.07) is 10.6. The van der Waals surface area contributed by atoms with Crippen molar-refractivity contribution in [3.8, 4) is 0 Å². The van der Waals surface area contributed by atoms with E-state index >= 15 is 0 Å². The molecule has 1 aromatic heterocycles. The molecule has 0 saturated carbocycles. The molecule has 2 heterocycles. The van der Waals surface area contributed by atoms with Crippen LogP contribution in [0.15, 0.2) is 35.7 Å². The lowest BCUT2D eigenvalue weighted by atomic mass is 10.1. The lowest BCUT2D eigenvalue weighted by Gasteiger charge is -2.37. The first-order valence-electron chi connectivity index (χ1n) is 8.26. The summed E-state index contributed by atoms with van der Waals surface area (Å²) in [7, 11) is 0. The second-order valence-corrected chi connectivity index (χ2v) is 7.20. The van der Waals surface area contributed by atoms with Crippen molar-refractivity contribution in [2.45, 2.75) is 26.7 Å². The summed E-state index contributed by atoms with van der Waals surface area (Å²) in [6.07, 6.45) is 1.50. The second-order valence-electron chi connectivity index (χ2n) is 6.17. The zero-order valence-corrected chi connectivity index (χ0v) is 14.7. The standard InChI is InChI=1S/C19H24N2OS/c1-15-5-3-7-18(16(15)2)20-10-12-21(13-11-20)19(22)9-8-17-6-4-14-23-17/h3-7,14H,8-13H2,1-2H3. The number of aryl methyl sites for hydroxylation is 2. The molecule has 122 valence electrons. The van der Waals surface area contributed by atoms with Crippen LogP contribution < -0.4 is 4.90 Å². The molecule has 0 aliphatic carbocycles. The van der Waals surface area contributed by atoms with Gasteiger partial charge in [-0.05, 0) is 48.9 Å². The van der Waals surface area contributed by atoms with Gasteiger partial charge in [-0.3, -0.25) is 4.79 Å². The molecule has 3 nitrogen and oxygen atoms in total. The van der Waals surface area contributed by atoms with E-state index in [1.54, 1.807) is 11.3 Å². The van der Waals surface area contributed by atoms with E-state index in [0.29, 0.717) is 12.3 Å². The van der Waals surface area contributed by atoms with E-state index in [1.807, 2.05) is 11.0 Å². The van der Waals surface area contributed by atoms with Gasteiger partial charge in [0.25, 0.3) is 0 Å². The number of carbonyl (C=O) groups excluding carboxylic acids is 1. The van der Waals surface area contributed by atoms with Crippen LogP contribution in [-0.2, 0) is 11.2 Å². The summed E-state index contributed by atoms with van der Waals surface area (Å²) < 4.78 is 0. The number of thiophene rings is 1. The molecular weight excluding hydrogens is 304 g/mol. The van der Waals surface area contributed by atoms with Crippen molar-refractivity contribution >= 4 is 22.9 Å². The van der Waals surface area contributed by atoms with Crippen LogP contribution in [0.3, 0.4) is 0 Å². The van der Waals surface area contributed by atoms with Crippen molar-refractivity contribution in [1.29, 1.82) is 0 Å². The van der Waals surface area contributed by atoms with Gasteiger partial charge in [-0.2, -0.15) is 0 Å². The Morgan fingerprint density at radius 2 is 1.87 bits per heavy atom. The molecule has 23 heavy (non-hydrogen) atoms. The summed E-state index contributed by atoms with van der Waals surface area (Å²) in [5.41, 5.74) is 4.00. The minimum absolute atomic E-state index is 0.291. The minimum Gasteiger partial charge on any atom is -0.368 e. The monoisotopic (exact) mass is 328 g/mol. The topological polar surface area (TPSA) is 23.6 Å². The highest BCUT2D eigenvalue weighted by Crippen LogP contribution is 2.24. The zero-order chi connectivity index (χ0) is 16.2. The largest absolute Gasteiger partial charge is 0.368 e. The van der Waals surface area contributed by atoms with Crippen LogP contribution in [0, 0.1) is 13.8 Å². The summed E-state index contributed by atoms with van der Waals surface area (Å²) in [6.45, 7) is 7.85. The fraction of sp³-hybridized carbons (Fsp3) is 0.421. The smallest absolute Gasteiger partial charge is 0.223 e. The molecule has 0 atom stereocenters. The Hall–Kier alpha value is -1.81. The number of piperazine rings is 1. The summed E-state index contributed by atoms with van der Waals surface area (Å²) in [4.78, 5) is 18.1. The summed E-state index contributed by atoms with van der Waals surface area (Å²) in [5, 5.41) is 2.07. The van der Waals surface area contributed by atoms with Gasteiger partial charge in [0.05, 0.1) is 0 Å². The maximum Gasteiger partial charge on any atom is 0.223 e. The van der Waals surface area contributed by atoms with Gasteiger partial charge in [0.15, 0.2) is 0 Å².